The van der Waals surface area contributed by atoms with Gasteiger partial charge in [-0.2, -0.15) is 5.26 Å². The van der Waals surface area contributed by atoms with Crippen molar-refractivity contribution in [2.45, 2.75) is 35.3 Å². The van der Waals surface area contributed by atoms with Gasteiger partial charge in [-0.25, -0.2) is 4.79 Å². The Morgan fingerprint density at radius 2 is 1.76 bits per heavy atom. The summed E-state index contributed by atoms with van der Waals surface area (Å²) < 4.78 is 11.1. The fourth-order valence-electron chi connectivity index (χ4n) is 3.55. The van der Waals surface area contributed by atoms with Gasteiger partial charge >= 0.3 is 5.97 Å². The highest BCUT2D eigenvalue weighted by Gasteiger charge is 2.27. The van der Waals surface area contributed by atoms with E-state index in [-0.39, 0.29) is 11.9 Å². The number of hydrogen-bond acceptors (Lipinski definition) is 6. The molecule has 0 spiro atoms. The second-order valence-corrected chi connectivity index (χ2v) is 8.57. The Morgan fingerprint density at radius 1 is 1.06 bits per heavy atom. The van der Waals surface area contributed by atoms with Gasteiger partial charge in [0.15, 0.2) is 6.10 Å². The minimum atomic E-state index is -0.975. The summed E-state index contributed by atoms with van der Waals surface area (Å²) in [6.07, 6.45) is -0.335. The van der Waals surface area contributed by atoms with Crippen molar-refractivity contribution < 1.29 is 19.1 Å². The van der Waals surface area contributed by atoms with E-state index in [1.807, 2.05) is 42.5 Å². The lowest BCUT2D eigenvalue weighted by atomic mass is 10.0. The summed E-state index contributed by atoms with van der Waals surface area (Å²) in [4.78, 5) is 27.1. The zero-order valence-corrected chi connectivity index (χ0v) is 18.8. The lowest BCUT2D eigenvalue weighted by Gasteiger charge is -2.27. The lowest BCUT2D eigenvalue weighted by Crippen LogP contribution is -2.39. The van der Waals surface area contributed by atoms with Gasteiger partial charge < -0.3 is 14.8 Å². The first-order valence-corrected chi connectivity index (χ1v) is 11.4. The van der Waals surface area contributed by atoms with E-state index in [1.165, 1.54) is 11.8 Å². The molecule has 0 aromatic heterocycles. The summed E-state index contributed by atoms with van der Waals surface area (Å²) in [5.74, 6) is -0.213. The SMILES string of the molecule is CC(OC(=O)c1ccccc1Sc1ccccc1C#N)C(=O)NC1CCOc2ccccc21. The molecule has 0 fully saturated rings. The van der Waals surface area contributed by atoms with Gasteiger partial charge in [0, 0.05) is 21.8 Å². The van der Waals surface area contributed by atoms with Crippen molar-refractivity contribution in [1.29, 1.82) is 5.26 Å². The van der Waals surface area contributed by atoms with E-state index in [1.54, 1.807) is 37.3 Å². The zero-order valence-electron chi connectivity index (χ0n) is 18.0. The van der Waals surface area contributed by atoms with E-state index in [0.29, 0.717) is 29.1 Å². The number of benzene rings is 3. The number of para-hydroxylation sites is 1. The molecule has 2 atom stereocenters. The molecule has 0 bridgehead atoms. The number of carbonyl (C=O) groups excluding carboxylic acids is 2. The van der Waals surface area contributed by atoms with Gasteiger partial charge in [0.1, 0.15) is 11.8 Å². The smallest absolute Gasteiger partial charge is 0.340 e. The third kappa shape index (κ3) is 5.18. The third-order valence-corrected chi connectivity index (χ3v) is 6.41. The van der Waals surface area contributed by atoms with E-state index in [9.17, 15) is 14.9 Å². The highest BCUT2D eigenvalue weighted by molar-refractivity contribution is 7.99. The van der Waals surface area contributed by atoms with E-state index >= 15 is 0 Å². The van der Waals surface area contributed by atoms with Gasteiger partial charge in [0.05, 0.1) is 23.8 Å². The third-order valence-electron chi connectivity index (χ3n) is 5.26. The number of fused-ring (bicyclic) bond motifs is 1. The molecule has 1 aliphatic heterocycles. The van der Waals surface area contributed by atoms with Gasteiger partial charge in [0.25, 0.3) is 5.91 Å². The van der Waals surface area contributed by atoms with Crippen molar-refractivity contribution in [3.63, 3.8) is 0 Å². The normalized spacial score (nSPS) is 15.3. The van der Waals surface area contributed by atoms with Crippen LogP contribution in [-0.4, -0.2) is 24.6 Å². The quantitative estimate of drug-likeness (QED) is 0.529. The Hall–Kier alpha value is -3.76. The van der Waals surface area contributed by atoms with Gasteiger partial charge in [-0.05, 0) is 37.3 Å². The number of ether oxygens (including phenoxy) is 2. The summed E-state index contributed by atoms with van der Waals surface area (Å²) >= 11 is 1.31. The molecule has 0 radical (unpaired) electrons. The van der Waals surface area contributed by atoms with Crippen LogP contribution in [0.3, 0.4) is 0 Å². The maximum absolute atomic E-state index is 12.9. The van der Waals surface area contributed by atoms with Crippen molar-refractivity contribution >= 4 is 23.6 Å². The minimum absolute atomic E-state index is 0.200. The number of nitriles is 1. The van der Waals surface area contributed by atoms with Crippen LogP contribution < -0.4 is 10.1 Å². The molecule has 33 heavy (non-hydrogen) atoms. The topological polar surface area (TPSA) is 88.4 Å². The maximum Gasteiger partial charge on any atom is 0.340 e. The highest BCUT2D eigenvalue weighted by atomic mass is 32.2. The Morgan fingerprint density at radius 3 is 2.58 bits per heavy atom. The molecule has 0 saturated heterocycles. The summed E-state index contributed by atoms with van der Waals surface area (Å²) in [7, 11) is 0. The predicted molar refractivity (Wildman–Crippen MR) is 124 cm³/mol. The van der Waals surface area contributed by atoms with Gasteiger partial charge in [0.2, 0.25) is 0 Å². The van der Waals surface area contributed by atoms with Crippen LogP contribution in [0, 0.1) is 11.3 Å². The molecular weight excluding hydrogens is 436 g/mol. The van der Waals surface area contributed by atoms with E-state index in [0.717, 1.165) is 16.2 Å². The first-order chi connectivity index (χ1) is 16.1. The van der Waals surface area contributed by atoms with Crippen molar-refractivity contribution in [3.05, 3.63) is 89.5 Å². The number of rotatable bonds is 6. The van der Waals surface area contributed by atoms with Crippen LogP contribution in [-0.2, 0) is 9.53 Å². The number of nitrogens with one attached hydrogen (secondary N) is 1. The summed E-state index contributed by atoms with van der Waals surface area (Å²) in [5, 5.41) is 12.3. The predicted octanol–water partition coefficient (Wildman–Crippen LogP) is 4.89. The average molecular weight is 459 g/mol. The molecule has 7 heteroatoms. The largest absolute Gasteiger partial charge is 0.493 e. The number of esters is 1. The fourth-order valence-corrected chi connectivity index (χ4v) is 4.56. The molecule has 166 valence electrons. The maximum atomic E-state index is 12.9. The second-order valence-electron chi connectivity index (χ2n) is 7.49. The van der Waals surface area contributed by atoms with Crippen molar-refractivity contribution in [1.82, 2.24) is 5.32 Å². The number of carbonyl (C=O) groups is 2. The van der Waals surface area contributed by atoms with Crippen LogP contribution in [0.5, 0.6) is 5.75 Å². The second kappa shape index (κ2) is 10.2. The molecular formula is C26H22N2O4S. The number of hydrogen-bond donors (Lipinski definition) is 1. The van der Waals surface area contributed by atoms with E-state index in [2.05, 4.69) is 11.4 Å². The van der Waals surface area contributed by atoms with Crippen molar-refractivity contribution in [2.24, 2.45) is 0 Å². The molecule has 0 aliphatic carbocycles. The van der Waals surface area contributed by atoms with Gasteiger partial charge in [-0.15, -0.1) is 0 Å². The molecule has 6 nitrogen and oxygen atoms in total. The Kier molecular flexibility index (Phi) is 6.96. The minimum Gasteiger partial charge on any atom is -0.493 e. The molecule has 4 rings (SSSR count). The van der Waals surface area contributed by atoms with E-state index < -0.39 is 12.1 Å². The van der Waals surface area contributed by atoms with Crippen LogP contribution >= 0.6 is 11.8 Å². The van der Waals surface area contributed by atoms with Crippen LogP contribution in [0.15, 0.2) is 82.6 Å². The molecule has 0 saturated carbocycles. The lowest BCUT2D eigenvalue weighted by molar-refractivity contribution is -0.130. The van der Waals surface area contributed by atoms with Crippen LogP contribution in [0.2, 0.25) is 0 Å². The van der Waals surface area contributed by atoms with Crippen LogP contribution in [0.25, 0.3) is 0 Å². The average Bonchev–Trinajstić information content (AvgIpc) is 2.85. The van der Waals surface area contributed by atoms with Gasteiger partial charge in [-0.1, -0.05) is 54.2 Å². The van der Waals surface area contributed by atoms with Crippen LogP contribution in [0.4, 0.5) is 0 Å². The molecule has 1 amide bonds. The van der Waals surface area contributed by atoms with Gasteiger partial charge in [-0.3, -0.25) is 4.79 Å². The Bertz CT molecular complexity index is 1220. The molecule has 1 heterocycles. The fraction of sp³-hybridized carbons (Fsp3) is 0.192. The highest BCUT2D eigenvalue weighted by Crippen LogP contribution is 2.33. The molecule has 3 aromatic carbocycles. The summed E-state index contributed by atoms with van der Waals surface area (Å²) in [5.41, 5.74) is 1.77. The van der Waals surface area contributed by atoms with E-state index in [4.69, 9.17) is 9.47 Å². The number of amides is 1. The van der Waals surface area contributed by atoms with Crippen molar-refractivity contribution in [3.8, 4) is 11.8 Å². The standard InChI is InChI=1S/C26H22N2O4S/c1-17(25(29)28-21-14-15-31-22-11-5-3-9-19(21)22)32-26(30)20-10-4-7-13-24(20)33-23-12-6-2-8-18(23)16-27/h2-13,17,21H,14-15H2,1H3,(H,28,29). The number of nitrogens with zero attached hydrogens (tertiary/aromatic N) is 1. The molecule has 3 aromatic rings. The molecule has 1 N–H and O–H groups in total. The molecule has 2 unspecified atom stereocenters. The Balaban J connectivity index is 1.45. The summed E-state index contributed by atoms with van der Waals surface area (Å²) in [6.45, 7) is 2.06. The monoisotopic (exact) mass is 458 g/mol. The summed E-state index contributed by atoms with van der Waals surface area (Å²) in [6, 6.07) is 23.7. The zero-order chi connectivity index (χ0) is 23.2. The van der Waals surface area contributed by atoms with Crippen molar-refractivity contribution in [2.75, 3.05) is 6.61 Å². The first kappa shape index (κ1) is 22.4. The molecule has 1 aliphatic rings. The van der Waals surface area contributed by atoms with Crippen LogP contribution in [0.1, 0.15) is 40.9 Å². The Labute approximate surface area is 196 Å². The first-order valence-electron chi connectivity index (χ1n) is 10.6.